The highest BCUT2D eigenvalue weighted by atomic mass is 127. The molecule has 45 heavy (non-hydrogen) atoms. The Morgan fingerprint density at radius 2 is 1.76 bits per heavy atom. The van der Waals surface area contributed by atoms with Gasteiger partial charge >= 0.3 is 0 Å². The van der Waals surface area contributed by atoms with Crippen molar-refractivity contribution < 1.29 is 24.2 Å². The number of hydrogen-bond donors (Lipinski definition) is 1. The summed E-state index contributed by atoms with van der Waals surface area (Å²) in [5.41, 5.74) is 1.59. The molecule has 1 N–H and O–H groups in total. The van der Waals surface area contributed by atoms with Crippen LogP contribution in [0.1, 0.15) is 37.3 Å². The molecule has 0 aromatic heterocycles. The molecule has 3 aromatic rings. The van der Waals surface area contributed by atoms with Gasteiger partial charge in [0.25, 0.3) is 5.91 Å². The zero-order valence-electron chi connectivity index (χ0n) is 26.1. The van der Waals surface area contributed by atoms with Gasteiger partial charge in [0, 0.05) is 25.2 Å². The number of aliphatic hydroxyl groups excluding tert-OH is 1. The normalized spacial score (nSPS) is 26.2. The number of hydrogen-bond acceptors (Lipinski definition) is 5. The zero-order valence-corrected chi connectivity index (χ0v) is 31.4. The van der Waals surface area contributed by atoms with Crippen LogP contribution in [0.2, 0.25) is 18.6 Å². The maximum absolute atomic E-state index is 14.9. The molecule has 3 heterocycles. The second-order valence-electron chi connectivity index (χ2n) is 13.1. The zero-order chi connectivity index (χ0) is 32.1. The minimum Gasteiger partial charge on any atom is -0.497 e. The minimum absolute atomic E-state index is 0.00520. The highest BCUT2D eigenvalue weighted by Gasteiger charge is 2.66. The number of anilines is 1. The van der Waals surface area contributed by atoms with Crippen molar-refractivity contribution in [2.24, 2.45) is 5.92 Å². The van der Waals surface area contributed by atoms with Crippen LogP contribution in [0.5, 0.6) is 5.75 Å². The second kappa shape index (κ2) is 12.9. The van der Waals surface area contributed by atoms with E-state index < -0.39 is 19.8 Å². The molecule has 7 nitrogen and oxygen atoms in total. The molecule has 10 heteroatoms. The van der Waals surface area contributed by atoms with E-state index in [1.54, 1.807) is 7.11 Å². The summed E-state index contributed by atoms with van der Waals surface area (Å²) in [4.78, 5) is 32.6. The van der Waals surface area contributed by atoms with Crippen LogP contribution in [0.15, 0.2) is 66.7 Å². The summed E-state index contributed by atoms with van der Waals surface area (Å²) in [5, 5.41) is 11.2. The van der Waals surface area contributed by atoms with E-state index in [4.69, 9.17) is 9.47 Å². The van der Waals surface area contributed by atoms with Crippen molar-refractivity contribution >= 4 is 75.9 Å². The lowest BCUT2D eigenvalue weighted by atomic mass is 9.82. The Hall–Kier alpha value is -2.00. The van der Waals surface area contributed by atoms with Gasteiger partial charge in [0.1, 0.15) is 5.75 Å². The quantitative estimate of drug-likeness (QED) is 0.221. The van der Waals surface area contributed by atoms with E-state index in [2.05, 4.69) is 108 Å². The van der Waals surface area contributed by atoms with Gasteiger partial charge in [-0.25, -0.2) is 0 Å². The first kappa shape index (κ1) is 32.9. The Balaban J connectivity index is 1.44. The maximum Gasteiger partial charge on any atom is 0.264 e. The first-order valence-electron chi connectivity index (χ1n) is 15.6. The number of nitrogens with zero attached hydrogens (tertiary/aromatic N) is 2. The summed E-state index contributed by atoms with van der Waals surface area (Å²) in [6.07, 6.45) is 1.42. The molecule has 238 valence electrons. The minimum atomic E-state index is -2.37. The number of carbonyl (C=O) groups excluding carboxylic acids is 2. The number of methoxy groups -OCH3 is 1. The summed E-state index contributed by atoms with van der Waals surface area (Å²) in [7, 11) is -0.707. The molecule has 0 radical (unpaired) electrons. The lowest BCUT2D eigenvalue weighted by Crippen LogP contribution is -2.52. The molecule has 0 aliphatic carbocycles. The Morgan fingerprint density at radius 3 is 2.42 bits per heavy atom. The Kier molecular flexibility index (Phi) is 9.43. The number of carbonyl (C=O) groups is 2. The van der Waals surface area contributed by atoms with Crippen LogP contribution in [0.3, 0.4) is 0 Å². The number of rotatable bonds is 8. The number of likely N-dealkylation sites (tertiary alicyclic amines) is 1. The van der Waals surface area contributed by atoms with Gasteiger partial charge in [0.2, 0.25) is 5.91 Å². The van der Waals surface area contributed by atoms with E-state index in [1.807, 2.05) is 34.1 Å². The molecule has 6 rings (SSSR count). The summed E-state index contributed by atoms with van der Waals surface area (Å²) >= 11 is 4.61. The van der Waals surface area contributed by atoms with E-state index >= 15 is 0 Å². The summed E-state index contributed by atoms with van der Waals surface area (Å²) in [5.74, 6) is 0.554. The van der Waals surface area contributed by atoms with Gasteiger partial charge in [0.15, 0.2) is 5.60 Å². The fraction of sp³-hybridized carbons (Fsp3) is 0.429. The van der Waals surface area contributed by atoms with Crippen LogP contribution in [0.4, 0.5) is 5.69 Å². The third-order valence-electron chi connectivity index (χ3n) is 10.3. The second-order valence-corrected chi connectivity index (χ2v) is 20.3. The van der Waals surface area contributed by atoms with E-state index in [0.717, 1.165) is 42.5 Å². The summed E-state index contributed by atoms with van der Waals surface area (Å²) in [6, 6.07) is 22.6. The molecule has 1 spiro atoms. The SMILES string of the molecule is COc1ccc([Si](C)(C)[C@@H]2[C@@H](CC(=O)N3CCC[C@H]3CO)O[C@]3(C(=O)N(Cc4ccc(I)cc4)c4ccc(I)cc43)[C@H]2C)cc1. The van der Waals surface area contributed by atoms with Crippen LogP contribution in [-0.2, 0) is 26.5 Å². The lowest BCUT2D eigenvalue weighted by Gasteiger charge is -2.37. The lowest BCUT2D eigenvalue weighted by molar-refractivity contribution is -0.150. The van der Waals surface area contributed by atoms with Crippen LogP contribution in [-0.4, -0.2) is 62.3 Å². The van der Waals surface area contributed by atoms with Crippen molar-refractivity contribution in [1.82, 2.24) is 4.90 Å². The molecule has 3 aliphatic rings. The molecule has 3 aromatic carbocycles. The van der Waals surface area contributed by atoms with E-state index in [9.17, 15) is 14.7 Å². The van der Waals surface area contributed by atoms with E-state index in [1.165, 1.54) is 5.19 Å². The molecule has 3 aliphatic heterocycles. The standard InChI is InChI=1S/C35H40I2N2O5Si/c1-22-33(45(3,4)28-14-12-27(43-2)13-15-28)31(19-32(41)38-17-5-6-26(38)21-40)44-35(22)29-18-25(37)11-16-30(29)39(34(35)42)20-23-7-9-24(36)10-8-23/h7-16,18,22,26,31,33,40H,5-6,17,19-21H2,1-4H3/t22-,26-,31+,33-,35+/m0/s1. The largest absolute Gasteiger partial charge is 0.497 e. The predicted octanol–water partition coefficient (Wildman–Crippen LogP) is 6.04. The number of halogens is 2. The van der Waals surface area contributed by atoms with Gasteiger partial charge in [0.05, 0.1) is 52.6 Å². The fourth-order valence-electron chi connectivity index (χ4n) is 8.06. The number of amides is 2. The van der Waals surface area contributed by atoms with Crippen LogP contribution in [0, 0.1) is 13.1 Å². The molecule has 2 amide bonds. The van der Waals surface area contributed by atoms with Crippen LogP contribution < -0.4 is 14.8 Å². The highest BCUT2D eigenvalue weighted by Crippen LogP contribution is 2.60. The van der Waals surface area contributed by atoms with Gasteiger partial charge < -0.3 is 24.4 Å². The third kappa shape index (κ3) is 5.76. The fourth-order valence-corrected chi connectivity index (χ4v) is 12.9. The van der Waals surface area contributed by atoms with Crippen molar-refractivity contribution in [2.45, 2.75) is 69.1 Å². The number of aliphatic hydroxyl groups is 1. The van der Waals surface area contributed by atoms with Gasteiger partial charge in [-0.2, -0.15) is 0 Å². The van der Waals surface area contributed by atoms with Gasteiger partial charge in [-0.1, -0.05) is 49.5 Å². The first-order valence-corrected chi connectivity index (χ1v) is 20.8. The average Bonchev–Trinajstić information content (AvgIpc) is 3.69. The van der Waals surface area contributed by atoms with Crippen molar-refractivity contribution in [3.05, 3.63) is 85.0 Å². The van der Waals surface area contributed by atoms with Crippen molar-refractivity contribution in [3.63, 3.8) is 0 Å². The van der Waals surface area contributed by atoms with Crippen molar-refractivity contribution in [3.8, 4) is 5.75 Å². The number of fused-ring (bicyclic) bond motifs is 2. The van der Waals surface area contributed by atoms with Crippen molar-refractivity contribution in [2.75, 3.05) is 25.2 Å². The molecule has 2 fully saturated rings. The van der Waals surface area contributed by atoms with E-state index in [0.29, 0.717) is 13.1 Å². The maximum atomic E-state index is 14.9. The predicted molar refractivity (Wildman–Crippen MR) is 196 cm³/mol. The molecule has 0 unspecified atom stereocenters. The molecule has 5 atom stereocenters. The van der Waals surface area contributed by atoms with Gasteiger partial charge in [-0.15, -0.1) is 0 Å². The van der Waals surface area contributed by atoms with Crippen LogP contribution in [0.25, 0.3) is 0 Å². The Bertz CT molecular complexity index is 1580. The van der Waals surface area contributed by atoms with Gasteiger partial charge in [-0.3, -0.25) is 9.59 Å². The Morgan fingerprint density at radius 1 is 1.07 bits per heavy atom. The molecule has 0 saturated carbocycles. The van der Waals surface area contributed by atoms with Gasteiger partial charge in [-0.05, 0) is 112 Å². The molecule has 2 saturated heterocycles. The topological polar surface area (TPSA) is 79.3 Å². The number of ether oxygens (including phenoxy) is 2. The smallest absolute Gasteiger partial charge is 0.264 e. The summed E-state index contributed by atoms with van der Waals surface area (Å²) < 4.78 is 14.8. The molecule has 0 bridgehead atoms. The average molecular weight is 851 g/mol. The Labute approximate surface area is 294 Å². The third-order valence-corrected chi connectivity index (χ3v) is 16.1. The van der Waals surface area contributed by atoms with Crippen molar-refractivity contribution in [1.29, 1.82) is 0 Å². The first-order chi connectivity index (χ1) is 21.5. The highest BCUT2D eigenvalue weighted by molar-refractivity contribution is 14.1. The monoisotopic (exact) mass is 850 g/mol. The number of benzene rings is 3. The molecular formula is C35H40I2N2O5Si. The van der Waals surface area contributed by atoms with Crippen LogP contribution >= 0.6 is 45.2 Å². The van der Waals surface area contributed by atoms with E-state index in [-0.39, 0.29) is 42.3 Å². The summed E-state index contributed by atoms with van der Waals surface area (Å²) in [6.45, 7) is 7.88. The molecular weight excluding hydrogens is 810 g/mol.